The normalized spacial score (nSPS) is 30.9. The van der Waals surface area contributed by atoms with Crippen LogP contribution in [0.15, 0.2) is 18.2 Å². The summed E-state index contributed by atoms with van der Waals surface area (Å²) in [7, 11) is 1.41. The highest BCUT2D eigenvalue weighted by atomic mass is 16.7. The van der Waals surface area contributed by atoms with Crippen LogP contribution < -0.4 is 4.74 Å². The molecule has 0 saturated carbocycles. The molecule has 0 aromatic heterocycles. The van der Waals surface area contributed by atoms with Gasteiger partial charge in [-0.1, -0.05) is 12.1 Å². The van der Waals surface area contributed by atoms with Crippen LogP contribution in [0.3, 0.4) is 0 Å². The van der Waals surface area contributed by atoms with Crippen molar-refractivity contribution >= 4 is 17.3 Å². The predicted molar refractivity (Wildman–Crippen MR) is 149 cm³/mol. The van der Waals surface area contributed by atoms with Gasteiger partial charge in [0.1, 0.15) is 22.8 Å². The standard InChI is InChI=1S/C31H36N2O9/c1-14-27(35)18(33-9-4-5-10-33)11-21(41-14)42-20-13-31(39,15(2)34)12-17-23(20)30(38)24-25(29(17)37)28(36)16-7-6-8-19(40-3)22(16)26(24)32/h6-8,14,18,20-21,27,32,35,37-39H,4-5,9-13H2,1-3H3/t14-,18-,20-,21-,27+,31-/m0/s1. The number of carbonyl (C=O) groups excluding carboxylic acids is 2. The molecule has 6 rings (SSSR count). The second-order valence-electron chi connectivity index (χ2n) is 11.8. The van der Waals surface area contributed by atoms with Gasteiger partial charge >= 0.3 is 0 Å². The van der Waals surface area contributed by atoms with Gasteiger partial charge in [0.25, 0.3) is 0 Å². The molecule has 11 heteroatoms. The van der Waals surface area contributed by atoms with E-state index in [-0.39, 0.29) is 63.7 Å². The summed E-state index contributed by atoms with van der Waals surface area (Å²) in [5, 5.41) is 54.5. The maximum Gasteiger partial charge on any atom is 0.198 e. The van der Waals surface area contributed by atoms with Gasteiger partial charge in [-0.3, -0.25) is 19.9 Å². The zero-order chi connectivity index (χ0) is 30.1. The number of aliphatic hydroxyl groups excluding tert-OH is 1. The van der Waals surface area contributed by atoms with Crippen LogP contribution in [0.1, 0.15) is 83.8 Å². The minimum Gasteiger partial charge on any atom is -0.507 e. The van der Waals surface area contributed by atoms with Crippen LogP contribution >= 0.6 is 0 Å². The Morgan fingerprint density at radius 3 is 2.52 bits per heavy atom. The number of fused-ring (bicyclic) bond motifs is 3. The van der Waals surface area contributed by atoms with Crippen molar-refractivity contribution in [1.29, 1.82) is 5.41 Å². The lowest BCUT2D eigenvalue weighted by molar-refractivity contribution is -0.257. The summed E-state index contributed by atoms with van der Waals surface area (Å²) in [6.07, 6.45) is -1.52. The number of ketones is 2. The third-order valence-corrected chi connectivity index (χ3v) is 9.38. The first-order chi connectivity index (χ1) is 20.0. The Bertz CT molecular complexity index is 1480. The van der Waals surface area contributed by atoms with Gasteiger partial charge in [-0.2, -0.15) is 0 Å². The maximum absolute atomic E-state index is 13.7. The molecule has 0 radical (unpaired) electrons. The van der Waals surface area contributed by atoms with Gasteiger partial charge in [0.2, 0.25) is 0 Å². The second kappa shape index (κ2) is 10.4. The number of likely N-dealkylation sites (tertiary alicyclic amines) is 1. The summed E-state index contributed by atoms with van der Waals surface area (Å²) in [4.78, 5) is 28.6. The Morgan fingerprint density at radius 1 is 1.14 bits per heavy atom. The first kappa shape index (κ1) is 28.8. The molecule has 0 amide bonds. The van der Waals surface area contributed by atoms with Crippen molar-refractivity contribution in [2.45, 2.75) is 82.2 Å². The van der Waals surface area contributed by atoms with Crippen molar-refractivity contribution in [3.05, 3.63) is 51.6 Å². The molecule has 2 aromatic carbocycles. The molecule has 0 bridgehead atoms. The smallest absolute Gasteiger partial charge is 0.198 e. The number of nitrogens with one attached hydrogen (secondary N) is 1. The van der Waals surface area contributed by atoms with Crippen molar-refractivity contribution in [3.8, 4) is 17.2 Å². The lowest BCUT2D eigenvalue weighted by Crippen LogP contribution is -2.55. The molecule has 224 valence electrons. The van der Waals surface area contributed by atoms with E-state index >= 15 is 0 Å². The molecule has 0 spiro atoms. The Morgan fingerprint density at radius 2 is 1.86 bits per heavy atom. The van der Waals surface area contributed by atoms with Crippen LogP contribution in [-0.2, 0) is 20.7 Å². The van der Waals surface area contributed by atoms with E-state index in [1.807, 2.05) is 0 Å². The van der Waals surface area contributed by atoms with Crippen LogP contribution in [0.25, 0.3) is 0 Å². The molecule has 2 aromatic rings. The van der Waals surface area contributed by atoms with E-state index in [1.165, 1.54) is 20.1 Å². The second-order valence-corrected chi connectivity index (χ2v) is 11.8. The molecular weight excluding hydrogens is 544 g/mol. The van der Waals surface area contributed by atoms with Crippen LogP contribution in [0, 0.1) is 5.41 Å². The predicted octanol–water partition coefficient (Wildman–Crippen LogP) is 2.35. The van der Waals surface area contributed by atoms with Gasteiger partial charge < -0.3 is 34.6 Å². The molecule has 2 fully saturated rings. The van der Waals surface area contributed by atoms with Crippen LogP contribution in [0.2, 0.25) is 0 Å². The number of benzene rings is 2. The average Bonchev–Trinajstić information content (AvgIpc) is 3.49. The molecule has 2 aliphatic carbocycles. The zero-order valence-corrected chi connectivity index (χ0v) is 23.8. The molecule has 11 nitrogen and oxygen atoms in total. The fourth-order valence-corrected chi connectivity index (χ4v) is 7.08. The molecule has 2 aliphatic heterocycles. The van der Waals surface area contributed by atoms with Crippen molar-refractivity contribution in [3.63, 3.8) is 0 Å². The third-order valence-electron chi connectivity index (χ3n) is 9.38. The number of aliphatic hydroxyl groups is 2. The van der Waals surface area contributed by atoms with Gasteiger partial charge in [-0.15, -0.1) is 0 Å². The summed E-state index contributed by atoms with van der Waals surface area (Å²) in [6, 6.07) is 4.49. The molecule has 5 N–H and O–H groups in total. The molecule has 4 aliphatic rings. The molecule has 0 unspecified atom stereocenters. The highest BCUT2D eigenvalue weighted by molar-refractivity contribution is 6.32. The Hall–Kier alpha value is -3.35. The summed E-state index contributed by atoms with van der Waals surface area (Å²) in [6.45, 7) is 4.68. The number of methoxy groups -OCH3 is 1. The Labute approximate surface area is 243 Å². The third kappa shape index (κ3) is 4.34. The lowest BCUT2D eigenvalue weighted by atomic mass is 9.72. The Balaban J connectivity index is 1.46. The summed E-state index contributed by atoms with van der Waals surface area (Å²) in [5.74, 6) is -1.87. The quantitative estimate of drug-likeness (QED) is 0.282. The largest absolute Gasteiger partial charge is 0.507 e. The molecule has 2 heterocycles. The van der Waals surface area contributed by atoms with Gasteiger partial charge in [0.15, 0.2) is 17.9 Å². The zero-order valence-electron chi connectivity index (χ0n) is 23.8. The number of phenols is 2. The molecule has 42 heavy (non-hydrogen) atoms. The Kier molecular flexibility index (Phi) is 7.14. The van der Waals surface area contributed by atoms with Gasteiger partial charge in [0, 0.05) is 42.0 Å². The number of nitrogens with zero attached hydrogens (tertiary/aromatic N) is 1. The SMILES string of the molecule is COc1cccc2c1C(=N)c1c(O)c3c(c(O)c1C2=O)C[C@@](O)(C(C)=O)C[C@@H]3O[C@H]1C[C@H](N2CCCC2)[C@H](O)[C@H](C)O1. The van der Waals surface area contributed by atoms with E-state index in [0.717, 1.165) is 25.9 Å². The van der Waals surface area contributed by atoms with Crippen molar-refractivity contribution in [2.75, 3.05) is 20.2 Å². The van der Waals surface area contributed by atoms with Crippen molar-refractivity contribution in [1.82, 2.24) is 4.90 Å². The monoisotopic (exact) mass is 580 g/mol. The number of ether oxygens (including phenoxy) is 3. The highest BCUT2D eigenvalue weighted by Crippen LogP contribution is 2.52. The van der Waals surface area contributed by atoms with Gasteiger partial charge in [-0.25, -0.2) is 0 Å². The number of hydrogen-bond donors (Lipinski definition) is 5. The van der Waals surface area contributed by atoms with Gasteiger partial charge in [0.05, 0.1) is 47.8 Å². The van der Waals surface area contributed by atoms with E-state index in [0.29, 0.717) is 6.42 Å². The number of aromatic hydroxyl groups is 2. The van der Waals surface area contributed by atoms with Crippen LogP contribution in [0.5, 0.6) is 17.2 Å². The number of rotatable bonds is 5. The fourth-order valence-electron chi connectivity index (χ4n) is 7.08. The first-order valence-corrected chi connectivity index (χ1v) is 14.3. The van der Waals surface area contributed by atoms with Crippen molar-refractivity contribution in [2.24, 2.45) is 0 Å². The van der Waals surface area contributed by atoms with Gasteiger partial charge in [-0.05, 0) is 45.8 Å². The topological polar surface area (TPSA) is 170 Å². The molecular formula is C31H36N2O9. The lowest BCUT2D eigenvalue weighted by Gasteiger charge is -2.44. The number of Topliss-reactive ketones (excluding diaryl/α,β-unsaturated/α-hetero) is 1. The number of phenolic OH excluding ortho intramolecular Hbond substituents is 2. The molecule has 6 atom stereocenters. The summed E-state index contributed by atoms with van der Waals surface area (Å²) in [5.41, 5.74) is -2.19. The van der Waals surface area contributed by atoms with E-state index in [2.05, 4.69) is 4.90 Å². The van der Waals surface area contributed by atoms with E-state index in [9.17, 15) is 30.0 Å². The summed E-state index contributed by atoms with van der Waals surface area (Å²) >= 11 is 0. The van der Waals surface area contributed by atoms with E-state index in [4.69, 9.17) is 19.6 Å². The first-order valence-electron chi connectivity index (χ1n) is 14.3. The van der Waals surface area contributed by atoms with Crippen LogP contribution in [-0.4, -0.2) is 92.9 Å². The summed E-state index contributed by atoms with van der Waals surface area (Å²) < 4.78 is 17.8. The van der Waals surface area contributed by atoms with E-state index in [1.54, 1.807) is 19.1 Å². The fraction of sp³-hybridized carbons (Fsp3) is 0.516. The number of carbonyl (C=O) groups is 2. The minimum atomic E-state index is -1.95. The number of hydrogen-bond acceptors (Lipinski definition) is 11. The minimum absolute atomic E-state index is 0.00711. The van der Waals surface area contributed by atoms with E-state index < -0.39 is 53.3 Å². The molecule has 2 saturated heterocycles. The van der Waals surface area contributed by atoms with Crippen LogP contribution in [0.4, 0.5) is 0 Å². The average molecular weight is 581 g/mol. The van der Waals surface area contributed by atoms with Crippen molar-refractivity contribution < 1.29 is 44.2 Å². The maximum atomic E-state index is 13.7. The highest BCUT2D eigenvalue weighted by Gasteiger charge is 2.49.